The van der Waals surface area contributed by atoms with Crippen molar-refractivity contribution in [2.45, 2.75) is 25.4 Å². The smallest absolute Gasteiger partial charge is 0.419 e. The topological polar surface area (TPSA) is 52.6 Å². The summed E-state index contributed by atoms with van der Waals surface area (Å²) in [5.74, 6) is -5.82. The Balaban J connectivity index is 1.87. The minimum atomic E-state index is -4.94. The zero-order valence-corrected chi connectivity index (χ0v) is 14.7. The maximum atomic E-state index is 13.8. The number of ether oxygens (including phenoxy) is 2. The van der Waals surface area contributed by atoms with E-state index in [-0.39, 0.29) is 17.9 Å². The highest BCUT2D eigenvalue weighted by molar-refractivity contribution is 6.32. The van der Waals surface area contributed by atoms with E-state index in [0.29, 0.717) is 6.07 Å². The van der Waals surface area contributed by atoms with Gasteiger partial charge in [-0.15, -0.1) is 0 Å². The third-order valence-corrected chi connectivity index (χ3v) is 3.69. The second-order valence-electron chi connectivity index (χ2n) is 5.47. The minimum Gasteiger partial charge on any atom is -0.423 e. The van der Waals surface area contributed by atoms with E-state index in [9.17, 15) is 31.5 Å². The van der Waals surface area contributed by atoms with E-state index in [4.69, 9.17) is 16.3 Å². The van der Waals surface area contributed by atoms with Gasteiger partial charge in [0.1, 0.15) is 0 Å². The van der Waals surface area contributed by atoms with Gasteiger partial charge in [0.25, 0.3) is 0 Å². The molecule has 0 fully saturated rings. The Morgan fingerprint density at radius 2 is 1.54 bits per heavy atom. The molecule has 0 unspecified atom stereocenters. The third kappa shape index (κ3) is 5.66. The largest absolute Gasteiger partial charge is 0.423 e. The van der Waals surface area contributed by atoms with E-state index in [1.165, 1.54) is 12.1 Å². The van der Waals surface area contributed by atoms with Gasteiger partial charge in [-0.1, -0.05) is 23.7 Å². The maximum Gasteiger partial charge on any atom is 0.419 e. The maximum absolute atomic E-state index is 13.8. The number of carbonyl (C=O) groups is 2. The Morgan fingerprint density at radius 1 is 0.929 bits per heavy atom. The summed E-state index contributed by atoms with van der Waals surface area (Å²) in [5.41, 5.74) is -1.57. The molecule has 0 aliphatic heterocycles. The van der Waals surface area contributed by atoms with E-state index in [1.54, 1.807) is 0 Å². The first-order valence-corrected chi connectivity index (χ1v) is 8.18. The second-order valence-corrected chi connectivity index (χ2v) is 5.88. The molecule has 0 saturated heterocycles. The predicted molar refractivity (Wildman–Crippen MR) is 87.9 cm³/mol. The van der Waals surface area contributed by atoms with Crippen molar-refractivity contribution in [3.8, 4) is 11.5 Å². The number of hydrogen-bond donors (Lipinski definition) is 0. The van der Waals surface area contributed by atoms with E-state index in [2.05, 4.69) is 4.74 Å². The summed E-state index contributed by atoms with van der Waals surface area (Å²) < 4.78 is 74.5. The quantitative estimate of drug-likeness (QED) is 0.359. The lowest BCUT2D eigenvalue weighted by molar-refractivity contribution is -0.142. The fourth-order valence-electron chi connectivity index (χ4n) is 2.10. The third-order valence-electron chi connectivity index (χ3n) is 3.39. The average molecular weight is 423 g/mol. The molecule has 150 valence electrons. The molecular formula is C18H12ClF5O4. The number of halogens is 6. The first-order chi connectivity index (χ1) is 13.1. The van der Waals surface area contributed by atoms with Crippen LogP contribution in [0.25, 0.3) is 0 Å². The zero-order chi connectivity index (χ0) is 20.9. The van der Waals surface area contributed by atoms with Crippen LogP contribution in [0.4, 0.5) is 22.0 Å². The normalized spacial score (nSPS) is 11.2. The fourth-order valence-corrected chi connectivity index (χ4v) is 2.31. The lowest BCUT2D eigenvalue weighted by atomic mass is 10.2. The van der Waals surface area contributed by atoms with Gasteiger partial charge in [-0.25, -0.2) is 8.78 Å². The standard InChI is InChI=1S/C18H12ClF5O4/c19-11-5-2-6-12(20)17(11)28-15(26)9-3-8-14(25)27-13-7-1-4-10(16(13)21)18(22,23)24/h1-2,4-7H,3,8-9H2. The van der Waals surface area contributed by atoms with Crippen LogP contribution in [0.2, 0.25) is 5.02 Å². The number of rotatable bonds is 6. The first-order valence-electron chi connectivity index (χ1n) is 7.80. The highest BCUT2D eigenvalue weighted by Gasteiger charge is 2.35. The molecule has 0 N–H and O–H groups in total. The molecule has 4 nitrogen and oxygen atoms in total. The van der Waals surface area contributed by atoms with Crippen molar-refractivity contribution in [1.82, 2.24) is 0 Å². The summed E-state index contributed by atoms with van der Waals surface area (Å²) in [6.45, 7) is 0. The van der Waals surface area contributed by atoms with Crippen LogP contribution >= 0.6 is 11.6 Å². The molecule has 0 aliphatic rings. The SMILES string of the molecule is O=C(CCCC(=O)Oc1c(F)cccc1Cl)Oc1cccc(C(F)(F)F)c1F. The van der Waals surface area contributed by atoms with Crippen LogP contribution in [0.15, 0.2) is 36.4 Å². The number of alkyl halides is 3. The van der Waals surface area contributed by atoms with E-state index >= 15 is 0 Å². The number of esters is 2. The van der Waals surface area contributed by atoms with E-state index in [0.717, 1.165) is 18.2 Å². The van der Waals surface area contributed by atoms with Crippen molar-refractivity contribution in [3.63, 3.8) is 0 Å². The molecule has 0 bridgehead atoms. The predicted octanol–water partition coefficient (Wildman–Crippen LogP) is 5.32. The zero-order valence-electron chi connectivity index (χ0n) is 14.0. The Kier molecular flexibility index (Phi) is 6.95. The molecule has 0 saturated carbocycles. The number of benzene rings is 2. The summed E-state index contributed by atoms with van der Waals surface area (Å²) >= 11 is 5.70. The van der Waals surface area contributed by atoms with Gasteiger partial charge in [0.15, 0.2) is 23.1 Å². The van der Waals surface area contributed by atoms with E-state index < -0.39 is 53.2 Å². The van der Waals surface area contributed by atoms with Crippen molar-refractivity contribution >= 4 is 23.5 Å². The summed E-state index contributed by atoms with van der Waals surface area (Å²) in [6.07, 6.45) is -5.80. The minimum absolute atomic E-state index is 0.118. The van der Waals surface area contributed by atoms with E-state index in [1.807, 2.05) is 0 Å². The van der Waals surface area contributed by atoms with Crippen molar-refractivity contribution in [3.05, 3.63) is 58.6 Å². The molecule has 28 heavy (non-hydrogen) atoms. The van der Waals surface area contributed by atoms with Gasteiger partial charge in [0.05, 0.1) is 10.6 Å². The van der Waals surface area contributed by atoms with Gasteiger partial charge < -0.3 is 9.47 Å². The summed E-state index contributed by atoms with van der Waals surface area (Å²) in [7, 11) is 0. The monoisotopic (exact) mass is 422 g/mol. The average Bonchev–Trinajstić information content (AvgIpc) is 2.59. The molecular weight excluding hydrogens is 411 g/mol. The van der Waals surface area contributed by atoms with Gasteiger partial charge in [-0.05, 0) is 30.7 Å². The highest BCUT2D eigenvalue weighted by Crippen LogP contribution is 2.34. The summed E-state index contributed by atoms with van der Waals surface area (Å²) in [6, 6.07) is 5.94. The van der Waals surface area contributed by atoms with Crippen LogP contribution in [0.1, 0.15) is 24.8 Å². The molecule has 0 amide bonds. The molecule has 0 radical (unpaired) electrons. The fraction of sp³-hybridized carbons (Fsp3) is 0.222. The van der Waals surface area contributed by atoms with Gasteiger partial charge in [-0.3, -0.25) is 9.59 Å². The van der Waals surface area contributed by atoms with Crippen LogP contribution in [-0.4, -0.2) is 11.9 Å². The Morgan fingerprint density at radius 3 is 2.14 bits per heavy atom. The number of hydrogen-bond acceptors (Lipinski definition) is 4. The Labute approximate surface area is 160 Å². The van der Waals surface area contributed by atoms with Crippen LogP contribution in [-0.2, 0) is 15.8 Å². The lowest BCUT2D eigenvalue weighted by Crippen LogP contribution is -2.14. The molecule has 0 aromatic heterocycles. The second kappa shape index (κ2) is 9.01. The van der Waals surface area contributed by atoms with Gasteiger partial charge in [-0.2, -0.15) is 13.2 Å². The van der Waals surface area contributed by atoms with Gasteiger partial charge >= 0.3 is 18.1 Å². The molecule has 0 aliphatic carbocycles. The molecule has 2 aromatic carbocycles. The van der Waals surface area contributed by atoms with Crippen molar-refractivity contribution in [2.24, 2.45) is 0 Å². The lowest BCUT2D eigenvalue weighted by Gasteiger charge is -2.11. The molecule has 0 atom stereocenters. The van der Waals surface area contributed by atoms with Gasteiger partial charge in [0, 0.05) is 12.8 Å². The molecule has 10 heteroatoms. The van der Waals surface area contributed by atoms with Crippen LogP contribution in [0.3, 0.4) is 0 Å². The summed E-state index contributed by atoms with van der Waals surface area (Å²) in [4.78, 5) is 23.4. The van der Waals surface area contributed by atoms with Crippen LogP contribution in [0, 0.1) is 11.6 Å². The van der Waals surface area contributed by atoms with Crippen molar-refractivity contribution < 1.29 is 41.0 Å². The Hall–Kier alpha value is -2.68. The highest BCUT2D eigenvalue weighted by atomic mass is 35.5. The van der Waals surface area contributed by atoms with Crippen molar-refractivity contribution in [2.75, 3.05) is 0 Å². The van der Waals surface area contributed by atoms with Gasteiger partial charge in [0.2, 0.25) is 0 Å². The first kappa shape index (κ1) is 21.6. The molecule has 0 heterocycles. The molecule has 2 aromatic rings. The molecule has 0 spiro atoms. The van der Waals surface area contributed by atoms with Crippen LogP contribution < -0.4 is 9.47 Å². The van der Waals surface area contributed by atoms with Crippen molar-refractivity contribution in [1.29, 1.82) is 0 Å². The van der Waals surface area contributed by atoms with Crippen LogP contribution in [0.5, 0.6) is 11.5 Å². The summed E-state index contributed by atoms with van der Waals surface area (Å²) in [5, 5.41) is -0.118. The Bertz CT molecular complexity index is 863. The number of para-hydroxylation sites is 1. The number of carbonyl (C=O) groups excluding carboxylic acids is 2. The molecule has 2 rings (SSSR count).